The Kier molecular flexibility index (Phi) is 6.05. The van der Waals surface area contributed by atoms with Crippen molar-refractivity contribution in [2.45, 2.75) is 38.3 Å². The number of fused-ring (bicyclic) bond motifs is 1. The first-order chi connectivity index (χ1) is 17.4. The number of allylic oxidation sites excluding steroid dienone is 2. The summed E-state index contributed by atoms with van der Waals surface area (Å²) in [5.41, 5.74) is 1.31. The number of rotatable bonds is 5. The molecule has 2 aliphatic rings. The van der Waals surface area contributed by atoms with E-state index < -0.39 is 29.7 Å². The normalized spacial score (nSPS) is 16.7. The van der Waals surface area contributed by atoms with Crippen LogP contribution in [0.2, 0.25) is 0 Å². The second-order valence-corrected chi connectivity index (χ2v) is 8.91. The van der Waals surface area contributed by atoms with Gasteiger partial charge in [-0.3, -0.25) is 19.0 Å². The maximum Gasteiger partial charge on any atom is 0.333 e. The van der Waals surface area contributed by atoms with Crippen LogP contribution in [0.25, 0.3) is 0 Å². The van der Waals surface area contributed by atoms with E-state index in [1.54, 1.807) is 12.1 Å². The molecule has 1 aliphatic heterocycles. The molecule has 0 fully saturated rings. The first-order valence-corrected chi connectivity index (χ1v) is 11.7. The van der Waals surface area contributed by atoms with E-state index in [1.165, 1.54) is 23.8 Å². The lowest BCUT2D eigenvalue weighted by Crippen LogP contribution is -2.47. The number of carbonyl (C=O) groups excluding carboxylic acids is 2. The maximum atomic E-state index is 13.8. The predicted molar refractivity (Wildman–Crippen MR) is 132 cm³/mol. The van der Waals surface area contributed by atoms with Crippen molar-refractivity contribution < 1.29 is 19.4 Å². The van der Waals surface area contributed by atoms with Gasteiger partial charge in [0.25, 0.3) is 5.56 Å². The summed E-state index contributed by atoms with van der Waals surface area (Å²) >= 11 is 0. The highest BCUT2D eigenvalue weighted by Crippen LogP contribution is 2.44. The van der Waals surface area contributed by atoms with E-state index in [4.69, 9.17) is 4.74 Å². The SMILES string of the molecule is COC(=O)Cn1c(=O)c2c(n(Cc3ccccc3)c1=O)NC1=C(C(=O)CCC1)C2c1cccc(O)c1. The van der Waals surface area contributed by atoms with Crippen molar-refractivity contribution >= 4 is 17.6 Å². The third-order valence-corrected chi connectivity index (χ3v) is 6.67. The summed E-state index contributed by atoms with van der Waals surface area (Å²) in [4.78, 5) is 52.8. The van der Waals surface area contributed by atoms with Crippen LogP contribution >= 0.6 is 0 Å². The van der Waals surface area contributed by atoms with E-state index in [1.807, 2.05) is 30.3 Å². The van der Waals surface area contributed by atoms with E-state index >= 15 is 0 Å². The van der Waals surface area contributed by atoms with Gasteiger partial charge in [0.1, 0.15) is 18.1 Å². The molecule has 2 aromatic carbocycles. The Morgan fingerprint density at radius 2 is 1.83 bits per heavy atom. The molecule has 2 heterocycles. The quantitative estimate of drug-likeness (QED) is 0.531. The fraction of sp³-hybridized carbons (Fsp3) is 0.259. The minimum Gasteiger partial charge on any atom is -0.508 e. The highest BCUT2D eigenvalue weighted by atomic mass is 16.5. The summed E-state index contributed by atoms with van der Waals surface area (Å²) in [7, 11) is 1.18. The molecule has 2 N–H and O–H groups in total. The lowest BCUT2D eigenvalue weighted by atomic mass is 9.76. The zero-order valence-electron chi connectivity index (χ0n) is 19.7. The smallest absolute Gasteiger partial charge is 0.333 e. The Morgan fingerprint density at radius 1 is 1.06 bits per heavy atom. The summed E-state index contributed by atoms with van der Waals surface area (Å²) in [6.07, 6.45) is 1.57. The monoisotopic (exact) mass is 487 g/mol. The number of nitrogens with zero attached hydrogens (tertiary/aromatic N) is 2. The second kappa shape index (κ2) is 9.33. The van der Waals surface area contributed by atoms with Crippen LogP contribution in [0.3, 0.4) is 0 Å². The summed E-state index contributed by atoms with van der Waals surface area (Å²) in [5, 5.41) is 13.4. The number of nitrogens with one attached hydrogen (secondary N) is 1. The Bertz CT molecular complexity index is 1520. The van der Waals surface area contributed by atoms with Gasteiger partial charge < -0.3 is 15.2 Å². The Hall–Kier alpha value is -4.40. The minimum atomic E-state index is -0.810. The number of ketones is 1. The molecule has 1 atom stereocenters. The fourth-order valence-electron chi connectivity index (χ4n) is 5.01. The summed E-state index contributed by atoms with van der Waals surface area (Å²) in [6.45, 7) is -0.428. The lowest BCUT2D eigenvalue weighted by Gasteiger charge is -2.35. The van der Waals surface area contributed by atoms with Crippen molar-refractivity contribution in [1.29, 1.82) is 0 Å². The van der Waals surface area contributed by atoms with Crippen molar-refractivity contribution in [2.75, 3.05) is 12.4 Å². The number of esters is 1. The van der Waals surface area contributed by atoms with Crippen LogP contribution in [0.15, 0.2) is 75.5 Å². The molecule has 0 radical (unpaired) electrons. The van der Waals surface area contributed by atoms with Crippen molar-refractivity contribution in [2.24, 2.45) is 0 Å². The first kappa shape index (κ1) is 23.3. The zero-order chi connectivity index (χ0) is 25.4. The van der Waals surface area contributed by atoms with E-state index in [9.17, 15) is 24.3 Å². The molecule has 1 unspecified atom stereocenters. The first-order valence-electron chi connectivity index (χ1n) is 11.7. The van der Waals surface area contributed by atoms with Gasteiger partial charge in [-0.1, -0.05) is 42.5 Å². The molecule has 36 heavy (non-hydrogen) atoms. The van der Waals surface area contributed by atoms with Crippen LogP contribution in [0, 0.1) is 0 Å². The average Bonchev–Trinajstić information content (AvgIpc) is 2.88. The van der Waals surface area contributed by atoms with Gasteiger partial charge in [-0.2, -0.15) is 0 Å². The molecular formula is C27H25N3O6. The largest absolute Gasteiger partial charge is 0.508 e. The molecular weight excluding hydrogens is 462 g/mol. The Balaban J connectivity index is 1.83. The molecule has 0 spiro atoms. The molecule has 1 aromatic heterocycles. The molecule has 9 nitrogen and oxygen atoms in total. The van der Waals surface area contributed by atoms with Gasteiger partial charge in [0.2, 0.25) is 0 Å². The maximum absolute atomic E-state index is 13.8. The number of anilines is 1. The zero-order valence-corrected chi connectivity index (χ0v) is 19.7. The number of hydrogen-bond acceptors (Lipinski definition) is 7. The number of ether oxygens (including phenoxy) is 1. The molecule has 0 saturated carbocycles. The van der Waals surface area contributed by atoms with Crippen molar-refractivity contribution in [3.8, 4) is 5.75 Å². The molecule has 184 valence electrons. The van der Waals surface area contributed by atoms with Crippen molar-refractivity contribution in [3.63, 3.8) is 0 Å². The van der Waals surface area contributed by atoms with E-state index in [-0.39, 0.29) is 29.5 Å². The molecule has 0 bridgehead atoms. The van der Waals surface area contributed by atoms with Gasteiger partial charge in [0, 0.05) is 23.6 Å². The summed E-state index contributed by atoms with van der Waals surface area (Å²) in [6, 6.07) is 15.7. The van der Waals surface area contributed by atoms with Crippen LogP contribution < -0.4 is 16.6 Å². The number of carbonyl (C=O) groups is 2. The van der Waals surface area contributed by atoms with Crippen LogP contribution in [0.1, 0.15) is 41.9 Å². The number of methoxy groups -OCH3 is 1. The van der Waals surface area contributed by atoms with Crippen molar-refractivity contribution in [3.05, 3.63) is 103 Å². The average molecular weight is 488 g/mol. The summed E-state index contributed by atoms with van der Waals surface area (Å²) < 4.78 is 7.01. The van der Waals surface area contributed by atoms with Crippen LogP contribution in [0.5, 0.6) is 5.75 Å². The third-order valence-electron chi connectivity index (χ3n) is 6.67. The van der Waals surface area contributed by atoms with E-state index in [0.29, 0.717) is 36.1 Å². The number of aromatic hydroxyl groups is 1. The van der Waals surface area contributed by atoms with Gasteiger partial charge in [-0.05, 0) is 36.1 Å². The molecule has 5 rings (SSSR count). The number of phenolic OH excluding ortho intramolecular Hbond substituents is 1. The molecule has 1 aliphatic carbocycles. The Labute approximate surface area is 206 Å². The van der Waals surface area contributed by atoms with E-state index in [2.05, 4.69) is 5.32 Å². The van der Waals surface area contributed by atoms with Gasteiger partial charge in [-0.25, -0.2) is 9.36 Å². The fourth-order valence-corrected chi connectivity index (χ4v) is 5.01. The lowest BCUT2D eigenvalue weighted by molar-refractivity contribution is -0.141. The number of hydrogen-bond donors (Lipinski definition) is 2. The summed E-state index contributed by atoms with van der Waals surface area (Å²) in [5.74, 6) is -1.37. The predicted octanol–water partition coefficient (Wildman–Crippen LogP) is 2.50. The highest BCUT2D eigenvalue weighted by molar-refractivity contribution is 6.01. The molecule has 0 amide bonds. The minimum absolute atomic E-state index is 0.00881. The van der Waals surface area contributed by atoms with Gasteiger partial charge >= 0.3 is 11.7 Å². The number of aromatic nitrogens is 2. The standard InChI is InChI=1S/C27H25N3O6/c1-36-21(33)15-30-26(34)24-22(17-9-5-10-18(31)13-17)23-19(11-6-12-20(23)32)28-25(24)29(27(30)35)14-16-7-3-2-4-8-16/h2-5,7-10,13,22,28,31H,6,11-12,14-15H2,1H3. The molecule has 0 saturated heterocycles. The third kappa shape index (κ3) is 4.02. The number of benzene rings is 2. The number of Topliss-reactive ketones (excluding diaryl/α,β-unsaturated/α-hetero) is 1. The second-order valence-electron chi connectivity index (χ2n) is 8.91. The van der Waals surface area contributed by atoms with Gasteiger partial charge in [-0.15, -0.1) is 0 Å². The van der Waals surface area contributed by atoms with Crippen LogP contribution in [-0.4, -0.2) is 33.1 Å². The van der Waals surface area contributed by atoms with Crippen LogP contribution in [0.4, 0.5) is 5.82 Å². The number of phenols is 1. The van der Waals surface area contributed by atoms with Crippen molar-refractivity contribution in [1.82, 2.24) is 9.13 Å². The van der Waals surface area contributed by atoms with Gasteiger partial charge in [0.05, 0.1) is 19.2 Å². The topological polar surface area (TPSA) is 120 Å². The highest BCUT2D eigenvalue weighted by Gasteiger charge is 2.39. The Morgan fingerprint density at radius 3 is 2.56 bits per heavy atom. The van der Waals surface area contributed by atoms with Gasteiger partial charge in [0.15, 0.2) is 5.78 Å². The van der Waals surface area contributed by atoms with E-state index in [0.717, 1.165) is 10.1 Å². The molecule has 9 heteroatoms. The van der Waals surface area contributed by atoms with Crippen LogP contribution in [-0.2, 0) is 27.4 Å². The molecule has 3 aromatic rings.